The Morgan fingerprint density at radius 1 is 1.40 bits per heavy atom. The maximum atomic E-state index is 12.1. The molecule has 2 rings (SSSR count). The lowest BCUT2D eigenvalue weighted by molar-refractivity contribution is 0.104. The highest BCUT2D eigenvalue weighted by atomic mass is 35.5. The van der Waals surface area contributed by atoms with Gasteiger partial charge in [-0.25, -0.2) is 0 Å². The van der Waals surface area contributed by atoms with Crippen molar-refractivity contribution in [3.8, 4) is 5.75 Å². The van der Waals surface area contributed by atoms with Crippen LogP contribution in [0.1, 0.15) is 16.8 Å². The summed E-state index contributed by atoms with van der Waals surface area (Å²) in [5.41, 5.74) is 1.32. The molecule has 1 N–H and O–H groups in total. The highest BCUT2D eigenvalue weighted by molar-refractivity contribution is 6.31. The summed E-state index contributed by atoms with van der Waals surface area (Å²) in [4.78, 5) is 14.3. The van der Waals surface area contributed by atoms with Crippen LogP contribution in [0.2, 0.25) is 5.02 Å². The van der Waals surface area contributed by atoms with E-state index in [1.807, 2.05) is 14.1 Å². The number of nitrogens with one attached hydrogen (secondary N) is 1. The molecular formula is C15H19ClN2O2. The second kappa shape index (κ2) is 6.77. The number of benzene rings is 1. The monoisotopic (exact) mass is 294 g/mol. The van der Waals surface area contributed by atoms with E-state index in [1.54, 1.807) is 24.3 Å². The lowest BCUT2D eigenvalue weighted by Gasteiger charge is -2.12. The fourth-order valence-electron chi connectivity index (χ4n) is 2.00. The van der Waals surface area contributed by atoms with Crippen LogP contribution in [0.25, 0.3) is 0 Å². The molecule has 108 valence electrons. The Morgan fingerprint density at radius 3 is 2.95 bits per heavy atom. The van der Waals surface area contributed by atoms with Crippen molar-refractivity contribution < 1.29 is 9.53 Å². The van der Waals surface area contributed by atoms with Crippen LogP contribution in [-0.4, -0.2) is 44.5 Å². The van der Waals surface area contributed by atoms with E-state index in [0.717, 1.165) is 25.2 Å². The molecule has 0 atom stereocenters. The average molecular weight is 295 g/mol. The van der Waals surface area contributed by atoms with E-state index in [2.05, 4.69) is 10.2 Å². The molecular weight excluding hydrogens is 276 g/mol. The van der Waals surface area contributed by atoms with Crippen molar-refractivity contribution in [3.63, 3.8) is 0 Å². The summed E-state index contributed by atoms with van der Waals surface area (Å²) >= 11 is 5.91. The van der Waals surface area contributed by atoms with Gasteiger partial charge in [0.2, 0.25) is 0 Å². The molecule has 0 spiro atoms. The third-order valence-electron chi connectivity index (χ3n) is 3.03. The van der Waals surface area contributed by atoms with E-state index in [-0.39, 0.29) is 5.78 Å². The SMILES string of the molecule is CN(C)CCCNC1=CC(=O)c2cc(Cl)ccc2OC1. The Hall–Kier alpha value is -1.52. The van der Waals surface area contributed by atoms with Gasteiger partial charge in [-0.15, -0.1) is 0 Å². The van der Waals surface area contributed by atoms with Gasteiger partial charge < -0.3 is 15.0 Å². The Labute approximate surface area is 124 Å². The van der Waals surface area contributed by atoms with Crippen LogP contribution < -0.4 is 10.1 Å². The Morgan fingerprint density at radius 2 is 2.20 bits per heavy atom. The van der Waals surface area contributed by atoms with Gasteiger partial charge in [-0.1, -0.05) is 11.6 Å². The smallest absolute Gasteiger partial charge is 0.191 e. The molecule has 1 heterocycles. The van der Waals surface area contributed by atoms with E-state index >= 15 is 0 Å². The van der Waals surface area contributed by atoms with E-state index in [4.69, 9.17) is 16.3 Å². The van der Waals surface area contributed by atoms with Crippen molar-refractivity contribution in [2.45, 2.75) is 6.42 Å². The van der Waals surface area contributed by atoms with E-state index in [0.29, 0.717) is 22.9 Å². The Kier molecular flexibility index (Phi) is 5.04. The van der Waals surface area contributed by atoms with E-state index in [9.17, 15) is 4.79 Å². The minimum Gasteiger partial charge on any atom is -0.487 e. The van der Waals surface area contributed by atoms with Gasteiger partial charge in [0.15, 0.2) is 5.78 Å². The van der Waals surface area contributed by atoms with Gasteiger partial charge >= 0.3 is 0 Å². The van der Waals surface area contributed by atoms with Gasteiger partial charge in [-0.3, -0.25) is 4.79 Å². The number of allylic oxidation sites excluding steroid dienone is 1. The van der Waals surface area contributed by atoms with Gasteiger partial charge in [0, 0.05) is 17.6 Å². The molecule has 0 saturated heterocycles. The molecule has 0 aromatic heterocycles. The molecule has 0 aliphatic carbocycles. The second-order valence-electron chi connectivity index (χ2n) is 5.05. The molecule has 0 radical (unpaired) electrons. The molecule has 0 bridgehead atoms. The van der Waals surface area contributed by atoms with Crippen LogP contribution in [0, 0.1) is 0 Å². The molecule has 0 unspecified atom stereocenters. The van der Waals surface area contributed by atoms with E-state index in [1.165, 1.54) is 0 Å². The van der Waals surface area contributed by atoms with Gasteiger partial charge in [-0.05, 0) is 45.3 Å². The van der Waals surface area contributed by atoms with E-state index < -0.39 is 0 Å². The predicted molar refractivity (Wildman–Crippen MR) is 80.5 cm³/mol. The van der Waals surface area contributed by atoms with Crippen molar-refractivity contribution in [2.24, 2.45) is 0 Å². The number of nitrogens with zero attached hydrogens (tertiary/aromatic N) is 1. The number of hydrogen-bond donors (Lipinski definition) is 1. The molecule has 1 aromatic carbocycles. The largest absolute Gasteiger partial charge is 0.487 e. The highest BCUT2D eigenvalue weighted by Crippen LogP contribution is 2.26. The van der Waals surface area contributed by atoms with Crippen molar-refractivity contribution >= 4 is 17.4 Å². The molecule has 4 nitrogen and oxygen atoms in total. The van der Waals surface area contributed by atoms with Crippen LogP contribution in [0.5, 0.6) is 5.75 Å². The first-order valence-corrected chi connectivity index (χ1v) is 7.00. The molecule has 0 amide bonds. The molecule has 1 aliphatic rings. The zero-order chi connectivity index (χ0) is 14.5. The summed E-state index contributed by atoms with van der Waals surface area (Å²) in [6.45, 7) is 2.20. The molecule has 1 aliphatic heterocycles. The fraction of sp³-hybridized carbons (Fsp3) is 0.400. The third kappa shape index (κ3) is 3.99. The molecule has 5 heteroatoms. The highest BCUT2D eigenvalue weighted by Gasteiger charge is 2.16. The van der Waals surface area contributed by atoms with Crippen molar-refractivity contribution in [3.05, 3.63) is 40.6 Å². The quantitative estimate of drug-likeness (QED) is 0.847. The van der Waals surface area contributed by atoms with Gasteiger partial charge in [0.05, 0.1) is 11.3 Å². The van der Waals surface area contributed by atoms with Crippen molar-refractivity contribution in [1.29, 1.82) is 0 Å². The average Bonchev–Trinajstić information content (AvgIpc) is 2.55. The summed E-state index contributed by atoms with van der Waals surface area (Å²) in [5.74, 6) is 0.510. The third-order valence-corrected chi connectivity index (χ3v) is 3.26. The number of halogens is 1. The van der Waals surface area contributed by atoms with Gasteiger partial charge in [0.1, 0.15) is 12.4 Å². The zero-order valence-electron chi connectivity index (χ0n) is 11.8. The number of ketones is 1. The van der Waals surface area contributed by atoms with Crippen molar-refractivity contribution in [1.82, 2.24) is 10.2 Å². The van der Waals surface area contributed by atoms with Crippen LogP contribution in [0.15, 0.2) is 30.0 Å². The van der Waals surface area contributed by atoms with Crippen LogP contribution in [-0.2, 0) is 0 Å². The number of rotatable bonds is 5. The first-order valence-electron chi connectivity index (χ1n) is 6.62. The predicted octanol–water partition coefficient (Wildman–Crippen LogP) is 2.34. The molecule has 0 saturated carbocycles. The molecule has 1 aromatic rings. The molecule has 0 fully saturated rings. The normalized spacial score (nSPS) is 14.4. The summed E-state index contributed by atoms with van der Waals surface area (Å²) in [7, 11) is 4.08. The maximum Gasteiger partial charge on any atom is 0.191 e. The van der Waals surface area contributed by atoms with Crippen LogP contribution in [0.4, 0.5) is 0 Å². The minimum atomic E-state index is -0.0740. The van der Waals surface area contributed by atoms with Gasteiger partial charge in [-0.2, -0.15) is 0 Å². The van der Waals surface area contributed by atoms with Gasteiger partial charge in [0.25, 0.3) is 0 Å². The maximum absolute atomic E-state index is 12.1. The summed E-state index contributed by atoms with van der Waals surface area (Å²) in [6, 6.07) is 5.10. The lowest BCUT2D eigenvalue weighted by atomic mass is 10.1. The number of carbonyl (C=O) groups excluding carboxylic acids is 1. The number of ether oxygens (including phenoxy) is 1. The molecule has 20 heavy (non-hydrogen) atoms. The van der Waals surface area contributed by atoms with Crippen molar-refractivity contribution in [2.75, 3.05) is 33.8 Å². The summed E-state index contributed by atoms with van der Waals surface area (Å²) in [5, 5.41) is 3.79. The lowest BCUT2D eigenvalue weighted by Crippen LogP contribution is -2.23. The fourth-order valence-corrected chi connectivity index (χ4v) is 2.17. The van der Waals surface area contributed by atoms with Crippen LogP contribution >= 0.6 is 11.6 Å². The number of hydrogen-bond acceptors (Lipinski definition) is 4. The minimum absolute atomic E-state index is 0.0740. The standard InChI is InChI=1S/C15H19ClN2O2/c1-18(2)7-3-6-17-12-9-14(19)13-8-11(16)4-5-15(13)20-10-12/h4-5,8-9,17H,3,6-7,10H2,1-2H3. The van der Waals surface area contributed by atoms with Crippen LogP contribution in [0.3, 0.4) is 0 Å². The zero-order valence-corrected chi connectivity index (χ0v) is 12.5. The number of fused-ring (bicyclic) bond motifs is 1. The summed E-state index contributed by atoms with van der Waals surface area (Å²) < 4.78 is 5.64. The Balaban J connectivity index is 1.98. The number of carbonyl (C=O) groups is 1. The first-order chi connectivity index (χ1) is 9.56. The summed E-state index contributed by atoms with van der Waals surface area (Å²) in [6.07, 6.45) is 2.61. The second-order valence-corrected chi connectivity index (χ2v) is 5.48. The first kappa shape index (κ1) is 14.9. The Bertz CT molecular complexity index is 527. The topological polar surface area (TPSA) is 41.6 Å².